The molecule has 3 nitrogen and oxygen atoms in total. The lowest BCUT2D eigenvalue weighted by Gasteiger charge is -2.45. The molecule has 2 aliphatic heterocycles. The van der Waals surface area contributed by atoms with Crippen molar-refractivity contribution in [1.29, 1.82) is 0 Å². The fourth-order valence-electron chi connectivity index (χ4n) is 3.32. The summed E-state index contributed by atoms with van der Waals surface area (Å²) >= 11 is 0. The number of piperidine rings is 1. The maximum Gasteiger partial charge on any atom is 0.170 e. The van der Waals surface area contributed by atoms with Gasteiger partial charge in [-0.15, -0.1) is 0 Å². The Morgan fingerprint density at radius 3 is 2.12 bits per heavy atom. The van der Waals surface area contributed by atoms with Crippen molar-refractivity contribution in [2.45, 2.75) is 44.8 Å². The number of ether oxygens (including phenoxy) is 2. The Morgan fingerprint density at radius 2 is 1.62 bits per heavy atom. The second-order valence-electron chi connectivity index (χ2n) is 6.05. The summed E-state index contributed by atoms with van der Waals surface area (Å²) in [5, 5.41) is 0. The summed E-state index contributed by atoms with van der Waals surface area (Å²) in [6.45, 7) is 7.59. The molecule has 3 aliphatic rings. The molecular formula is C13H23NO2. The summed E-state index contributed by atoms with van der Waals surface area (Å²) in [7, 11) is 0. The highest BCUT2D eigenvalue weighted by Gasteiger charge is 2.41. The standard InChI is InChI=1S/C13H23NO2/c1-12(3-2-4-12)11-14-7-5-13(6-8-14)15-9-10-16-13/h2-11H2,1H3. The first kappa shape index (κ1) is 11.0. The molecule has 16 heavy (non-hydrogen) atoms. The zero-order valence-corrected chi connectivity index (χ0v) is 10.3. The maximum atomic E-state index is 5.75. The predicted octanol–water partition coefficient (Wildman–Crippen LogP) is 2.02. The highest BCUT2D eigenvalue weighted by Crippen LogP contribution is 2.42. The van der Waals surface area contributed by atoms with E-state index in [-0.39, 0.29) is 5.79 Å². The monoisotopic (exact) mass is 225 g/mol. The molecule has 3 heteroatoms. The molecular weight excluding hydrogens is 202 g/mol. The fraction of sp³-hybridized carbons (Fsp3) is 1.00. The van der Waals surface area contributed by atoms with Crippen molar-refractivity contribution in [3.63, 3.8) is 0 Å². The lowest BCUT2D eigenvalue weighted by Crippen LogP contribution is -2.49. The van der Waals surface area contributed by atoms with E-state index in [1.165, 1.54) is 25.8 Å². The van der Waals surface area contributed by atoms with E-state index in [2.05, 4.69) is 11.8 Å². The molecule has 3 fully saturated rings. The summed E-state index contributed by atoms with van der Waals surface area (Å²) in [6, 6.07) is 0. The Kier molecular flexibility index (Phi) is 2.73. The molecule has 0 aromatic carbocycles. The van der Waals surface area contributed by atoms with Crippen LogP contribution in [0.4, 0.5) is 0 Å². The first-order chi connectivity index (χ1) is 7.70. The van der Waals surface area contributed by atoms with E-state index < -0.39 is 0 Å². The number of hydrogen-bond acceptors (Lipinski definition) is 3. The highest BCUT2D eigenvalue weighted by atomic mass is 16.7. The van der Waals surface area contributed by atoms with E-state index in [1.807, 2.05) is 0 Å². The largest absolute Gasteiger partial charge is 0.347 e. The lowest BCUT2D eigenvalue weighted by atomic mass is 9.70. The minimum atomic E-state index is -0.197. The van der Waals surface area contributed by atoms with Crippen molar-refractivity contribution in [1.82, 2.24) is 4.90 Å². The quantitative estimate of drug-likeness (QED) is 0.717. The molecule has 0 aromatic rings. The second kappa shape index (κ2) is 3.97. The Bertz CT molecular complexity index is 247. The molecule has 0 amide bonds. The van der Waals surface area contributed by atoms with Gasteiger partial charge in [-0.25, -0.2) is 0 Å². The minimum absolute atomic E-state index is 0.197. The second-order valence-corrected chi connectivity index (χ2v) is 6.05. The molecule has 1 spiro atoms. The molecule has 0 aromatic heterocycles. The molecule has 3 rings (SSSR count). The molecule has 2 heterocycles. The number of nitrogens with zero attached hydrogens (tertiary/aromatic N) is 1. The number of likely N-dealkylation sites (tertiary alicyclic amines) is 1. The molecule has 0 bridgehead atoms. The van der Waals surface area contributed by atoms with Crippen LogP contribution in [-0.2, 0) is 9.47 Å². The summed E-state index contributed by atoms with van der Waals surface area (Å²) in [4.78, 5) is 2.61. The van der Waals surface area contributed by atoms with Gasteiger partial charge in [-0.05, 0) is 18.3 Å². The highest BCUT2D eigenvalue weighted by molar-refractivity contribution is 4.89. The molecule has 1 aliphatic carbocycles. The zero-order valence-electron chi connectivity index (χ0n) is 10.3. The van der Waals surface area contributed by atoms with Crippen molar-refractivity contribution in [3.05, 3.63) is 0 Å². The fourth-order valence-corrected chi connectivity index (χ4v) is 3.32. The Balaban J connectivity index is 1.50. The van der Waals surface area contributed by atoms with Crippen LogP contribution in [0.3, 0.4) is 0 Å². The number of rotatable bonds is 2. The van der Waals surface area contributed by atoms with Crippen LogP contribution in [0.15, 0.2) is 0 Å². The minimum Gasteiger partial charge on any atom is -0.347 e. The average Bonchev–Trinajstić information content (AvgIpc) is 2.69. The first-order valence-electron chi connectivity index (χ1n) is 6.70. The summed E-state index contributed by atoms with van der Waals surface area (Å²) in [6.07, 6.45) is 6.38. The van der Waals surface area contributed by atoms with Gasteiger partial charge in [0.15, 0.2) is 5.79 Å². The van der Waals surface area contributed by atoms with Crippen LogP contribution < -0.4 is 0 Å². The van der Waals surface area contributed by atoms with Crippen LogP contribution in [0, 0.1) is 5.41 Å². The van der Waals surface area contributed by atoms with Crippen molar-refractivity contribution >= 4 is 0 Å². The van der Waals surface area contributed by atoms with Crippen molar-refractivity contribution in [3.8, 4) is 0 Å². The van der Waals surface area contributed by atoms with E-state index >= 15 is 0 Å². The van der Waals surface area contributed by atoms with Crippen molar-refractivity contribution in [2.24, 2.45) is 5.41 Å². The van der Waals surface area contributed by atoms with Gasteiger partial charge in [0.1, 0.15) is 0 Å². The van der Waals surface area contributed by atoms with E-state index in [0.717, 1.165) is 39.1 Å². The van der Waals surface area contributed by atoms with Gasteiger partial charge < -0.3 is 14.4 Å². The smallest absolute Gasteiger partial charge is 0.170 e. The number of hydrogen-bond donors (Lipinski definition) is 0. The predicted molar refractivity (Wildman–Crippen MR) is 62.3 cm³/mol. The molecule has 2 saturated heterocycles. The zero-order chi connectivity index (χ0) is 11.1. The van der Waals surface area contributed by atoms with Gasteiger partial charge in [-0.1, -0.05) is 13.3 Å². The van der Waals surface area contributed by atoms with Crippen LogP contribution in [0.2, 0.25) is 0 Å². The molecule has 1 saturated carbocycles. The van der Waals surface area contributed by atoms with Crippen LogP contribution in [0.25, 0.3) is 0 Å². The van der Waals surface area contributed by atoms with Gasteiger partial charge in [0.2, 0.25) is 0 Å². The van der Waals surface area contributed by atoms with Crippen molar-refractivity contribution < 1.29 is 9.47 Å². The Hall–Kier alpha value is -0.120. The molecule has 0 radical (unpaired) electrons. The molecule has 92 valence electrons. The molecule has 0 unspecified atom stereocenters. The van der Waals surface area contributed by atoms with Gasteiger partial charge in [-0.2, -0.15) is 0 Å². The lowest BCUT2D eigenvalue weighted by molar-refractivity contribution is -0.187. The van der Waals surface area contributed by atoms with E-state index in [1.54, 1.807) is 0 Å². The van der Waals surface area contributed by atoms with E-state index in [0.29, 0.717) is 5.41 Å². The van der Waals surface area contributed by atoms with Crippen LogP contribution in [-0.4, -0.2) is 43.5 Å². The van der Waals surface area contributed by atoms with Crippen LogP contribution in [0.1, 0.15) is 39.0 Å². The van der Waals surface area contributed by atoms with Gasteiger partial charge >= 0.3 is 0 Å². The maximum absolute atomic E-state index is 5.75. The first-order valence-corrected chi connectivity index (χ1v) is 6.70. The Morgan fingerprint density at radius 1 is 1.00 bits per heavy atom. The average molecular weight is 225 g/mol. The van der Waals surface area contributed by atoms with Gasteiger partial charge in [0.25, 0.3) is 0 Å². The van der Waals surface area contributed by atoms with Crippen LogP contribution >= 0.6 is 0 Å². The third-order valence-corrected chi connectivity index (χ3v) is 4.60. The molecule has 0 N–H and O–H groups in total. The Labute approximate surface area is 98.1 Å². The topological polar surface area (TPSA) is 21.7 Å². The van der Waals surface area contributed by atoms with E-state index in [4.69, 9.17) is 9.47 Å². The normalized spacial score (nSPS) is 32.8. The van der Waals surface area contributed by atoms with Gasteiger partial charge in [0.05, 0.1) is 13.2 Å². The summed E-state index contributed by atoms with van der Waals surface area (Å²) in [5.74, 6) is -0.197. The van der Waals surface area contributed by atoms with E-state index in [9.17, 15) is 0 Å². The SMILES string of the molecule is CC1(CN2CCC3(CC2)OCCO3)CCC1. The summed E-state index contributed by atoms with van der Waals surface area (Å²) < 4.78 is 11.5. The van der Waals surface area contributed by atoms with Gasteiger partial charge in [0, 0.05) is 32.5 Å². The van der Waals surface area contributed by atoms with Gasteiger partial charge in [-0.3, -0.25) is 0 Å². The third kappa shape index (κ3) is 2.01. The third-order valence-electron chi connectivity index (χ3n) is 4.60. The van der Waals surface area contributed by atoms with Crippen molar-refractivity contribution in [2.75, 3.05) is 32.8 Å². The van der Waals surface area contributed by atoms with Crippen LogP contribution in [0.5, 0.6) is 0 Å². The molecule has 0 atom stereocenters. The summed E-state index contributed by atoms with van der Waals surface area (Å²) in [5.41, 5.74) is 0.613.